The summed E-state index contributed by atoms with van der Waals surface area (Å²) < 4.78 is 8.60. The molecule has 1 aromatic heterocycles. The van der Waals surface area contributed by atoms with Crippen molar-refractivity contribution in [3.05, 3.63) is 142 Å². The van der Waals surface area contributed by atoms with Crippen LogP contribution in [0.3, 0.4) is 0 Å². The van der Waals surface area contributed by atoms with Gasteiger partial charge in [-0.25, -0.2) is 9.69 Å². The summed E-state index contributed by atoms with van der Waals surface area (Å²) in [5.74, 6) is -0.606. The highest BCUT2D eigenvalue weighted by Gasteiger charge is 2.58. The minimum Gasteiger partial charge on any atom is -0.444 e. The van der Waals surface area contributed by atoms with Gasteiger partial charge >= 0.3 is 5.85 Å². The van der Waals surface area contributed by atoms with Gasteiger partial charge in [0.05, 0.1) is 28.0 Å². The Hall–Kier alpha value is -4.79. The van der Waals surface area contributed by atoms with Gasteiger partial charge in [-0.1, -0.05) is 90.5 Å². The highest BCUT2D eigenvalue weighted by atomic mass is 35.5. The molecule has 1 saturated heterocycles. The van der Waals surface area contributed by atoms with Gasteiger partial charge in [0, 0.05) is 34.3 Å². The van der Waals surface area contributed by atoms with Crippen LogP contribution in [0.4, 0.5) is 4.79 Å². The van der Waals surface area contributed by atoms with E-state index in [4.69, 9.17) is 26.5 Å². The van der Waals surface area contributed by atoms with Crippen LogP contribution in [-0.2, 0) is 0 Å². The van der Waals surface area contributed by atoms with Crippen LogP contribution in [0.1, 0.15) is 29.2 Å². The number of hydrazone groups is 1. The van der Waals surface area contributed by atoms with E-state index in [2.05, 4.69) is 11.4 Å². The van der Waals surface area contributed by atoms with Crippen LogP contribution >= 0.6 is 23.4 Å². The lowest BCUT2D eigenvalue weighted by Crippen LogP contribution is -2.61. The van der Waals surface area contributed by atoms with Crippen molar-refractivity contribution in [2.75, 3.05) is 0 Å². The van der Waals surface area contributed by atoms with Gasteiger partial charge in [0.25, 0.3) is 5.24 Å². The number of hydrogen-bond acceptors (Lipinski definition) is 6. The molecule has 0 aliphatic carbocycles. The molecule has 0 saturated carbocycles. The molecule has 5 aromatic rings. The summed E-state index contributed by atoms with van der Waals surface area (Å²) >= 11 is 7.30. The van der Waals surface area contributed by atoms with Gasteiger partial charge in [0.1, 0.15) is 5.75 Å². The fourth-order valence-electron chi connectivity index (χ4n) is 5.85. The summed E-state index contributed by atoms with van der Waals surface area (Å²) in [5, 5.41) is 15.6. The monoisotopic (exact) mass is 601 g/mol. The Morgan fingerprint density at radius 3 is 2.42 bits per heavy atom. The molecule has 1 fully saturated rings. The predicted molar refractivity (Wildman–Crippen MR) is 170 cm³/mol. The van der Waals surface area contributed by atoms with Crippen LogP contribution in [-0.4, -0.2) is 31.6 Å². The smallest absolute Gasteiger partial charge is 0.314 e. The van der Waals surface area contributed by atoms with E-state index >= 15 is 0 Å². The van der Waals surface area contributed by atoms with Crippen LogP contribution in [0.25, 0.3) is 23.0 Å². The number of nitrogens with zero attached hydrogens (tertiary/aromatic N) is 4. The first-order chi connectivity index (χ1) is 21.1. The minimum atomic E-state index is -1.32. The molecule has 1 N–H and O–H groups in total. The minimum absolute atomic E-state index is 0.140. The average molecular weight is 602 g/mol. The third-order valence-electron chi connectivity index (χ3n) is 7.85. The second-order valence-electron chi connectivity index (χ2n) is 10.5. The molecule has 9 heteroatoms. The summed E-state index contributed by atoms with van der Waals surface area (Å²) in [7, 11) is 0. The van der Waals surface area contributed by atoms with Crippen molar-refractivity contribution in [2.45, 2.75) is 18.3 Å². The molecule has 1 amide bonds. The van der Waals surface area contributed by atoms with E-state index < -0.39 is 5.85 Å². The quantitative estimate of drug-likeness (QED) is 0.227. The molecular weight excluding hydrogens is 578 g/mol. The molecule has 4 aromatic carbocycles. The molecule has 0 radical (unpaired) electrons. The van der Waals surface area contributed by atoms with Crippen molar-refractivity contribution in [1.82, 2.24) is 20.1 Å². The maximum Gasteiger partial charge on any atom is 0.314 e. The topological polar surface area (TPSA) is 71.8 Å². The maximum absolute atomic E-state index is 13.2. The van der Waals surface area contributed by atoms with Crippen LogP contribution in [0, 0.1) is 0 Å². The van der Waals surface area contributed by atoms with Gasteiger partial charge in [-0.2, -0.15) is 10.2 Å². The molecule has 3 aliphatic heterocycles. The Bertz CT molecular complexity index is 1920. The van der Waals surface area contributed by atoms with E-state index in [9.17, 15) is 4.79 Å². The number of hydrogen-bond donors (Lipinski definition) is 1. The molecule has 2 atom stereocenters. The first kappa shape index (κ1) is 25.9. The van der Waals surface area contributed by atoms with Gasteiger partial charge in [0.2, 0.25) is 0 Å². The third kappa shape index (κ3) is 4.42. The average Bonchev–Trinajstić information content (AvgIpc) is 3.75. The molecule has 4 heterocycles. The number of carbonyl (C=O) groups is 1. The second-order valence-corrected chi connectivity index (χ2v) is 12.0. The summed E-state index contributed by atoms with van der Waals surface area (Å²) in [5.41, 5.74) is 6.45. The van der Waals surface area contributed by atoms with E-state index in [-0.39, 0.29) is 11.3 Å². The highest BCUT2D eigenvalue weighted by Crippen LogP contribution is 2.53. The lowest BCUT2D eigenvalue weighted by molar-refractivity contribution is -0.0949. The lowest BCUT2D eigenvalue weighted by Gasteiger charge is -2.45. The standard InChI is InChI=1S/C34H24ClN5O2S/c35-25-17-15-22(16-18-25)28-20-29-27-13-7-8-14-30(27)42-34(40(29)37-28)31(43-33(41)36-34)19-24-21-39(26-11-5-2-6-12-26)38-32(24)23-9-3-1-4-10-23/h1-19,21,29H,20H2,(H,36,41). The SMILES string of the molecule is O=C1NC2(Oc3ccccc3C3CC(c4ccc(Cl)cc4)=NN32)C(=Cc2cn(-c3ccccc3)nc2-c2ccccc2)S1. The second kappa shape index (κ2) is 10.2. The van der Waals surface area contributed by atoms with Crippen LogP contribution in [0.2, 0.25) is 5.02 Å². The Kier molecular flexibility index (Phi) is 6.13. The molecule has 1 spiro atoms. The Labute approximate surface area is 257 Å². The fraction of sp³-hybridized carbons (Fsp3) is 0.0882. The number of amides is 1. The number of carbonyl (C=O) groups excluding carboxylic acids is 1. The molecule has 8 rings (SSSR count). The first-order valence-corrected chi connectivity index (χ1v) is 15.1. The van der Waals surface area contributed by atoms with Crippen molar-refractivity contribution in [2.24, 2.45) is 5.10 Å². The van der Waals surface area contributed by atoms with Crippen LogP contribution in [0.5, 0.6) is 5.75 Å². The normalized spacial score (nSPS) is 21.4. The van der Waals surface area contributed by atoms with Gasteiger partial charge in [-0.3, -0.25) is 10.1 Å². The molecule has 0 bridgehead atoms. The number of fused-ring (bicyclic) bond motifs is 4. The number of benzene rings is 4. The Morgan fingerprint density at radius 1 is 0.907 bits per heavy atom. The van der Waals surface area contributed by atoms with E-state index in [1.54, 1.807) is 0 Å². The van der Waals surface area contributed by atoms with Gasteiger partial charge < -0.3 is 4.74 Å². The van der Waals surface area contributed by atoms with E-state index in [1.807, 2.05) is 125 Å². The Morgan fingerprint density at radius 2 is 1.63 bits per heavy atom. The predicted octanol–water partition coefficient (Wildman–Crippen LogP) is 7.89. The summed E-state index contributed by atoms with van der Waals surface area (Å²) in [6, 6.07) is 35.5. The third-order valence-corrected chi connectivity index (χ3v) is 9.01. The van der Waals surface area contributed by atoms with E-state index in [0.717, 1.165) is 51.1 Å². The van der Waals surface area contributed by atoms with Gasteiger partial charge in [-0.15, -0.1) is 0 Å². The number of halogens is 1. The van der Waals surface area contributed by atoms with E-state index in [0.29, 0.717) is 22.1 Å². The van der Waals surface area contributed by atoms with E-state index in [1.165, 1.54) is 0 Å². The fourth-order valence-corrected chi connectivity index (χ4v) is 6.88. The van der Waals surface area contributed by atoms with Crippen molar-refractivity contribution in [3.63, 3.8) is 0 Å². The lowest BCUT2D eigenvalue weighted by atomic mass is 9.95. The zero-order chi connectivity index (χ0) is 29.0. The summed E-state index contributed by atoms with van der Waals surface area (Å²) in [6.45, 7) is 0. The van der Waals surface area contributed by atoms with Crippen molar-refractivity contribution in [1.29, 1.82) is 0 Å². The molecule has 3 aliphatic rings. The molecule has 210 valence electrons. The number of thioether (sulfide) groups is 1. The molecular formula is C34H24ClN5O2S. The van der Waals surface area contributed by atoms with Gasteiger partial charge in [0.15, 0.2) is 0 Å². The zero-order valence-electron chi connectivity index (χ0n) is 22.7. The number of nitrogens with one attached hydrogen (secondary N) is 1. The molecule has 2 unspecified atom stereocenters. The molecule has 7 nitrogen and oxygen atoms in total. The van der Waals surface area contributed by atoms with Gasteiger partial charge in [-0.05, 0) is 53.7 Å². The molecule has 43 heavy (non-hydrogen) atoms. The number of rotatable bonds is 4. The number of aromatic nitrogens is 2. The summed E-state index contributed by atoms with van der Waals surface area (Å²) in [4.78, 5) is 13.9. The number of para-hydroxylation sites is 2. The highest BCUT2D eigenvalue weighted by molar-refractivity contribution is 8.17. The Balaban J connectivity index is 1.29. The maximum atomic E-state index is 13.2. The van der Waals surface area contributed by atoms with Crippen LogP contribution in [0.15, 0.2) is 125 Å². The van der Waals surface area contributed by atoms with Crippen LogP contribution < -0.4 is 10.1 Å². The number of ether oxygens (including phenoxy) is 1. The first-order valence-electron chi connectivity index (χ1n) is 13.9. The largest absolute Gasteiger partial charge is 0.444 e. The van der Waals surface area contributed by atoms with Crippen molar-refractivity contribution in [3.8, 4) is 22.7 Å². The zero-order valence-corrected chi connectivity index (χ0v) is 24.3. The summed E-state index contributed by atoms with van der Waals surface area (Å²) in [6.07, 6.45) is 4.64. The van der Waals surface area contributed by atoms with Crippen molar-refractivity contribution < 1.29 is 9.53 Å². The van der Waals surface area contributed by atoms with Crippen molar-refractivity contribution >= 4 is 40.4 Å².